The van der Waals surface area contributed by atoms with Gasteiger partial charge in [-0.15, -0.1) is 0 Å². The van der Waals surface area contributed by atoms with Gasteiger partial charge in [0, 0.05) is 19.3 Å². The van der Waals surface area contributed by atoms with Crippen LogP contribution in [0, 0.1) is 5.92 Å². The van der Waals surface area contributed by atoms with E-state index in [0.29, 0.717) is 6.54 Å². The molecule has 7 heteroatoms. The molecule has 102 valence electrons. The third-order valence-electron chi connectivity index (χ3n) is 3.47. The van der Waals surface area contributed by atoms with Gasteiger partial charge in [-0.25, -0.2) is 18.1 Å². The van der Waals surface area contributed by atoms with Crippen LogP contribution in [-0.2, 0) is 17.1 Å². The molecule has 1 aliphatic rings. The Hall–Kier alpha value is -0.920. The van der Waals surface area contributed by atoms with E-state index in [1.165, 1.54) is 12.5 Å². The van der Waals surface area contributed by atoms with E-state index >= 15 is 0 Å². The Morgan fingerprint density at radius 2 is 2.22 bits per heavy atom. The molecule has 0 aliphatic heterocycles. The van der Waals surface area contributed by atoms with Crippen LogP contribution in [0.3, 0.4) is 0 Å². The molecule has 1 fully saturated rings. The minimum Gasteiger partial charge on any atom is -0.339 e. The minimum absolute atomic E-state index is 0.0595. The number of imidazole rings is 1. The topological polar surface area (TPSA) is 90.0 Å². The summed E-state index contributed by atoms with van der Waals surface area (Å²) in [5.41, 5.74) is 5.70. The van der Waals surface area contributed by atoms with E-state index in [9.17, 15) is 8.42 Å². The first kappa shape index (κ1) is 13.5. The number of nitrogens with one attached hydrogen (secondary N) is 1. The van der Waals surface area contributed by atoms with Crippen molar-refractivity contribution in [1.82, 2.24) is 14.3 Å². The number of nitrogens with two attached hydrogens (primary N) is 1. The van der Waals surface area contributed by atoms with Crippen molar-refractivity contribution >= 4 is 10.0 Å². The largest absolute Gasteiger partial charge is 0.339 e. The zero-order chi connectivity index (χ0) is 13.2. The van der Waals surface area contributed by atoms with Crippen molar-refractivity contribution in [3.8, 4) is 0 Å². The number of aromatic nitrogens is 2. The van der Waals surface area contributed by atoms with Gasteiger partial charge in [0.25, 0.3) is 10.0 Å². The summed E-state index contributed by atoms with van der Waals surface area (Å²) >= 11 is 0. The van der Waals surface area contributed by atoms with Crippen LogP contribution in [-0.4, -0.2) is 30.6 Å². The van der Waals surface area contributed by atoms with Gasteiger partial charge in [-0.05, 0) is 25.3 Å². The van der Waals surface area contributed by atoms with Gasteiger partial charge in [0.2, 0.25) is 0 Å². The van der Waals surface area contributed by atoms with Gasteiger partial charge in [-0.1, -0.05) is 12.8 Å². The van der Waals surface area contributed by atoms with Crippen LogP contribution in [0.1, 0.15) is 25.7 Å². The van der Waals surface area contributed by atoms with Gasteiger partial charge in [0.1, 0.15) is 0 Å². The predicted octanol–water partition coefficient (Wildman–Crippen LogP) is 0.216. The molecule has 0 saturated heterocycles. The van der Waals surface area contributed by atoms with Crippen molar-refractivity contribution in [2.75, 3.05) is 6.54 Å². The van der Waals surface area contributed by atoms with Gasteiger partial charge in [-0.2, -0.15) is 0 Å². The Morgan fingerprint density at radius 1 is 1.50 bits per heavy atom. The molecule has 2 rings (SSSR count). The number of nitrogens with zero attached hydrogens (tertiary/aromatic N) is 2. The second-order valence-electron chi connectivity index (χ2n) is 4.89. The Labute approximate surface area is 108 Å². The van der Waals surface area contributed by atoms with E-state index in [1.807, 2.05) is 0 Å². The molecule has 0 bridgehead atoms. The molecular weight excluding hydrogens is 252 g/mol. The highest BCUT2D eigenvalue weighted by Crippen LogP contribution is 2.24. The fraction of sp³-hybridized carbons (Fsp3) is 0.727. The zero-order valence-corrected chi connectivity index (χ0v) is 11.4. The lowest BCUT2D eigenvalue weighted by molar-refractivity contribution is 0.296. The van der Waals surface area contributed by atoms with E-state index in [1.54, 1.807) is 11.6 Å². The van der Waals surface area contributed by atoms with Gasteiger partial charge in [-0.3, -0.25) is 0 Å². The lowest BCUT2D eigenvalue weighted by Crippen LogP contribution is -2.44. The monoisotopic (exact) mass is 272 g/mol. The predicted molar refractivity (Wildman–Crippen MR) is 68.3 cm³/mol. The molecule has 1 aromatic heterocycles. The molecule has 0 aromatic carbocycles. The standard InChI is InChI=1S/C11H20N4O2S/c1-15-7-11(13-8-15)18(16,17)14-10-5-3-2-4-9(10)6-12/h7-10,14H,2-6,12H2,1H3. The van der Waals surface area contributed by atoms with Crippen molar-refractivity contribution in [3.05, 3.63) is 12.5 Å². The van der Waals surface area contributed by atoms with E-state index < -0.39 is 10.0 Å². The van der Waals surface area contributed by atoms with E-state index in [-0.39, 0.29) is 17.0 Å². The Morgan fingerprint density at radius 3 is 2.83 bits per heavy atom. The molecule has 0 amide bonds. The highest BCUT2D eigenvalue weighted by molar-refractivity contribution is 7.89. The van der Waals surface area contributed by atoms with E-state index in [0.717, 1.165) is 25.7 Å². The zero-order valence-electron chi connectivity index (χ0n) is 10.5. The maximum atomic E-state index is 12.1. The number of rotatable bonds is 4. The van der Waals surface area contributed by atoms with Crippen LogP contribution in [0.2, 0.25) is 0 Å². The number of aryl methyl sites for hydroxylation is 1. The van der Waals surface area contributed by atoms with Gasteiger partial charge in [0.05, 0.1) is 6.33 Å². The third-order valence-corrected chi connectivity index (χ3v) is 4.85. The Balaban J connectivity index is 2.12. The molecule has 3 N–H and O–H groups in total. The van der Waals surface area contributed by atoms with Gasteiger partial charge in [0.15, 0.2) is 5.03 Å². The van der Waals surface area contributed by atoms with Crippen LogP contribution < -0.4 is 10.5 Å². The molecular formula is C11H20N4O2S. The molecule has 1 aromatic rings. The second-order valence-corrected chi connectivity index (χ2v) is 6.55. The molecule has 1 aliphatic carbocycles. The smallest absolute Gasteiger partial charge is 0.259 e. The molecule has 2 unspecified atom stereocenters. The maximum absolute atomic E-state index is 12.1. The summed E-state index contributed by atoms with van der Waals surface area (Å²) in [4.78, 5) is 3.89. The Kier molecular flexibility index (Phi) is 4.04. The first-order valence-corrected chi connectivity index (χ1v) is 7.71. The van der Waals surface area contributed by atoms with Crippen molar-refractivity contribution in [3.63, 3.8) is 0 Å². The molecule has 2 atom stereocenters. The highest BCUT2D eigenvalue weighted by atomic mass is 32.2. The van der Waals surface area contributed by atoms with Crippen LogP contribution in [0.25, 0.3) is 0 Å². The summed E-state index contributed by atoms with van der Waals surface area (Å²) in [5.74, 6) is 0.234. The number of hydrogen-bond donors (Lipinski definition) is 2. The van der Waals surface area contributed by atoms with Crippen molar-refractivity contribution in [2.45, 2.75) is 36.8 Å². The Bertz CT molecular complexity index is 497. The minimum atomic E-state index is -3.52. The average molecular weight is 272 g/mol. The molecule has 0 spiro atoms. The van der Waals surface area contributed by atoms with Crippen LogP contribution in [0.5, 0.6) is 0 Å². The highest BCUT2D eigenvalue weighted by Gasteiger charge is 2.29. The summed E-state index contributed by atoms with van der Waals surface area (Å²) < 4.78 is 28.7. The van der Waals surface area contributed by atoms with Crippen molar-refractivity contribution in [2.24, 2.45) is 18.7 Å². The molecule has 6 nitrogen and oxygen atoms in total. The van der Waals surface area contributed by atoms with Gasteiger partial charge >= 0.3 is 0 Å². The third kappa shape index (κ3) is 2.90. The van der Waals surface area contributed by atoms with Crippen LogP contribution >= 0.6 is 0 Å². The fourth-order valence-corrected chi connectivity index (χ4v) is 3.75. The summed E-state index contributed by atoms with van der Waals surface area (Å²) in [6, 6.07) is -0.0595. The molecule has 1 saturated carbocycles. The number of hydrogen-bond acceptors (Lipinski definition) is 4. The molecule has 1 heterocycles. The van der Waals surface area contributed by atoms with Crippen molar-refractivity contribution < 1.29 is 8.42 Å². The summed E-state index contributed by atoms with van der Waals surface area (Å²) in [5, 5.41) is 0.0753. The first-order chi connectivity index (χ1) is 8.53. The van der Waals surface area contributed by atoms with Crippen molar-refractivity contribution in [1.29, 1.82) is 0 Å². The summed E-state index contributed by atoms with van der Waals surface area (Å²) in [6.07, 6.45) is 7.01. The first-order valence-electron chi connectivity index (χ1n) is 6.23. The fourth-order valence-electron chi connectivity index (χ4n) is 2.43. The second kappa shape index (κ2) is 5.38. The van der Waals surface area contributed by atoms with Gasteiger partial charge < -0.3 is 10.3 Å². The molecule has 0 radical (unpaired) electrons. The maximum Gasteiger partial charge on any atom is 0.259 e. The lowest BCUT2D eigenvalue weighted by atomic mass is 9.85. The lowest BCUT2D eigenvalue weighted by Gasteiger charge is -2.30. The van der Waals surface area contributed by atoms with E-state index in [2.05, 4.69) is 9.71 Å². The van der Waals surface area contributed by atoms with Crippen LogP contribution in [0.4, 0.5) is 0 Å². The normalized spacial score (nSPS) is 25.2. The quantitative estimate of drug-likeness (QED) is 0.820. The number of sulfonamides is 1. The van der Waals surface area contributed by atoms with E-state index in [4.69, 9.17) is 5.73 Å². The molecule has 18 heavy (non-hydrogen) atoms. The SMILES string of the molecule is Cn1cnc(S(=O)(=O)NC2CCCCC2CN)c1. The summed E-state index contributed by atoms with van der Waals surface area (Å²) in [7, 11) is -1.77. The average Bonchev–Trinajstić information content (AvgIpc) is 2.77. The summed E-state index contributed by atoms with van der Waals surface area (Å²) in [6.45, 7) is 0.523. The van der Waals surface area contributed by atoms with Crippen LogP contribution in [0.15, 0.2) is 17.6 Å².